The van der Waals surface area contributed by atoms with E-state index >= 15 is 0 Å². The van der Waals surface area contributed by atoms with Gasteiger partial charge in [-0.15, -0.1) is 0 Å². The molecule has 0 heterocycles. The molecule has 0 aliphatic carbocycles. The van der Waals surface area contributed by atoms with Crippen molar-refractivity contribution in [3.8, 4) is 0 Å². The van der Waals surface area contributed by atoms with Gasteiger partial charge in [-0.3, -0.25) is 0 Å². The van der Waals surface area contributed by atoms with Gasteiger partial charge in [0.2, 0.25) is 0 Å². The zero-order valence-corrected chi connectivity index (χ0v) is 13.8. The number of carboxylic acid groups (broad SMARTS) is 2. The fraction of sp³-hybridized carbons (Fsp3) is 0.833. The summed E-state index contributed by atoms with van der Waals surface area (Å²) in [6.45, 7) is 1.29. The van der Waals surface area contributed by atoms with E-state index < -0.39 is 11.9 Å². The second-order valence-electron chi connectivity index (χ2n) is 3.94. The predicted octanol–water partition coefficient (Wildman–Crippen LogP) is -1.87. The molecule has 6 nitrogen and oxygen atoms in total. The Morgan fingerprint density at radius 2 is 1.00 bits per heavy atom. The van der Waals surface area contributed by atoms with Gasteiger partial charge >= 0.3 is 37.7 Å². The average molecular weight is 300 g/mol. The second kappa shape index (κ2) is 20.4. The van der Waals surface area contributed by atoms with E-state index in [1.165, 1.54) is 0 Å². The maximum atomic E-state index is 9.82. The Labute approximate surface area is 144 Å². The first kappa shape index (κ1) is 24.2. The summed E-state index contributed by atoms with van der Waals surface area (Å²) < 4.78 is 0. The van der Waals surface area contributed by atoms with Gasteiger partial charge in [-0.2, -0.15) is 0 Å². The van der Waals surface area contributed by atoms with Crippen molar-refractivity contribution in [3.05, 3.63) is 0 Å². The first-order valence-electron chi connectivity index (χ1n) is 6.34. The van der Waals surface area contributed by atoms with Crippen molar-refractivity contribution in [1.82, 2.24) is 0 Å². The van der Waals surface area contributed by atoms with Crippen LogP contribution in [0.5, 0.6) is 0 Å². The average Bonchev–Trinajstić information content (AvgIpc) is 2.31. The van der Waals surface area contributed by atoms with Crippen LogP contribution >= 0.6 is 0 Å². The van der Waals surface area contributed by atoms with E-state index in [1.54, 1.807) is 0 Å². The van der Waals surface area contributed by atoms with E-state index in [0.29, 0.717) is 25.9 Å². The Morgan fingerprint density at radius 1 is 0.684 bits per heavy atom. The van der Waals surface area contributed by atoms with Crippen molar-refractivity contribution in [2.75, 3.05) is 13.1 Å². The number of carbonyl (C=O) groups is 2. The van der Waals surface area contributed by atoms with Crippen LogP contribution in [0.25, 0.3) is 0 Å². The summed E-state index contributed by atoms with van der Waals surface area (Å²) >= 11 is 0. The molecule has 0 radical (unpaired) electrons. The molecule has 0 saturated heterocycles. The largest absolute Gasteiger partial charge is 2.00 e. The van der Waals surface area contributed by atoms with Crippen LogP contribution in [0.15, 0.2) is 0 Å². The molecular weight excluding hydrogens is 276 g/mol. The summed E-state index contributed by atoms with van der Waals surface area (Å²) in [5, 5.41) is 19.6. The predicted molar refractivity (Wildman–Crippen MR) is 70.8 cm³/mol. The van der Waals surface area contributed by atoms with Gasteiger partial charge in [0.25, 0.3) is 0 Å². The molecule has 19 heavy (non-hydrogen) atoms. The summed E-state index contributed by atoms with van der Waals surface area (Å²) in [5.41, 5.74) is 10.4. The second-order valence-corrected chi connectivity index (χ2v) is 3.94. The minimum Gasteiger partial charge on any atom is -0.550 e. The number of aliphatic carboxylic acids is 2. The number of carboxylic acids is 2. The maximum Gasteiger partial charge on any atom is 2.00 e. The number of hydrogen-bond acceptors (Lipinski definition) is 6. The van der Waals surface area contributed by atoms with Gasteiger partial charge in [-0.1, -0.05) is 12.8 Å². The fourth-order valence-corrected chi connectivity index (χ4v) is 1.18. The van der Waals surface area contributed by atoms with Crippen molar-refractivity contribution >= 4 is 49.7 Å². The van der Waals surface area contributed by atoms with Crippen LogP contribution in [0.2, 0.25) is 0 Å². The number of unbranched alkanes of at least 4 members (excludes halogenated alkanes) is 4. The molecule has 0 aromatic rings. The van der Waals surface area contributed by atoms with E-state index in [9.17, 15) is 19.8 Å². The fourth-order valence-electron chi connectivity index (χ4n) is 1.18. The Hall–Kier alpha value is 0.120. The zero-order valence-electron chi connectivity index (χ0n) is 11.6. The van der Waals surface area contributed by atoms with E-state index in [0.717, 1.165) is 25.7 Å². The monoisotopic (exact) mass is 300 g/mol. The van der Waals surface area contributed by atoms with E-state index in [1.807, 2.05) is 0 Å². The van der Waals surface area contributed by atoms with Crippen LogP contribution in [-0.2, 0) is 9.59 Å². The van der Waals surface area contributed by atoms with E-state index in [-0.39, 0.29) is 50.6 Å². The zero-order chi connectivity index (χ0) is 14.2. The number of carbonyl (C=O) groups excluding carboxylic acids is 2. The molecule has 0 unspecified atom stereocenters. The van der Waals surface area contributed by atoms with E-state index in [4.69, 9.17) is 11.5 Å². The summed E-state index contributed by atoms with van der Waals surface area (Å²) in [6.07, 6.45) is 5.33. The Morgan fingerprint density at radius 3 is 1.21 bits per heavy atom. The minimum absolute atomic E-state index is 0. The quantitative estimate of drug-likeness (QED) is 0.359. The van der Waals surface area contributed by atoms with Gasteiger partial charge in [0.1, 0.15) is 0 Å². The maximum absolute atomic E-state index is 9.82. The van der Waals surface area contributed by atoms with Crippen molar-refractivity contribution in [3.63, 3.8) is 0 Å². The van der Waals surface area contributed by atoms with Crippen LogP contribution in [0.4, 0.5) is 0 Å². The SMILES string of the molecule is NCCCCCC(=O)[O-].NCCCCCC(=O)[O-].[Ca+2]. The molecule has 0 saturated carbocycles. The number of nitrogens with two attached hydrogens (primary N) is 2. The summed E-state index contributed by atoms with van der Waals surface area (Å²) in [5.74, 6) is -1.93. The van der Waals surface area contributed by atoms with Crippen LogP contribution in [0.3, 0.4) is 0 Å². The molecule has 0 rings (SSSR count). The van der Waals surface area contributed by atoms with Crippen molar-refractivity contribution in [2.45, 2.75) is 51.4 Å². The molecule has 108 valence electrons. The third kappa shape index (κ3) is 32.1. The molecule has 0 atom stereocenters. The van der Waals surface area contributed by atoms with E-state index in [2.05, 4.69) is 0 Å². The Bertz CT molecular complexity index is 194. The van der Waals surface area contributed by atoms with Gasteiger partial charge in [-0.25, -0.2) is 0 Å². The van der Waals surface area contributed by atoms with Crippen LogP contribution in [0.1, 0.15) is 51.4 Å². The van der Waals surface area contributed by atoms with Gasteiger partial charge in [0.05, 0.1) is 0 Å². The number of rotatable bonds is 10. The van der Waals surface area contributed by atoms with Crippen molar-refractivity contribution in [2.24, 2.45) is 11.5 Å². The third-order valence-electron chi connectivity index (χ3n) is 2.17. The van der Waals surface area contributed by atoms with Crippen molar-refractivity contribution in [1.29, 1.82) is 0 Å². The smallest absolute Gasteiger partial charge is 0.550 e. The molecule has 0 spiro atoms. The topological polar surface area (TPSA) is 132 Å². The standard InChI is InChI=1S/2C6H13NO2.Ca/c2*7-5-3-1-2-4-6(8)9;/h2*1-5,7H2,(H,8,9);/q;;+2/p-2. The summed E-state index contributed by atoms with van der Waals surface area (Å²) in [7, 11) is 0. The molecule has 0 aromatic carbocycles. The summed E-state index contributed by atoms with van der Waals surface area (Å²) in [4.78, 5) is 19.6. The van der Waals surface area contributed by atoms with Crippen LogP contribution < -0.4 is 21.7 Å². The van der Waals surface area contributed by atoms with Gasteiger partial charge in [0, 0.05) is 11.9 Å². The molecule has 0 amide bonds. The third-order valence-corrected chi connectivity index (χ3v) is 2.17. The van der Waals surface area contributed by atoms with Gasteiger partial charge < -0.3 is 31.3 Å². The first-order valence-corrected chi connectivity index (χ1v) is 6.34. The van der Waals surface area contributed by atoms with Crippen molar-refractivity contribution < 1.29 is 19.8 Å². The molecule has 0 aliphatic rings. The molecule has 4 N–H and O–H groups in total. The number of hydrogen-bond donors (Lipinski definition) is 2. The normalized spacial score (nSPS) is 8.95. The molecule has 0 fully saturated rings. The molecule has 0 bridgehead atoms. The Balaban J connectivity index is -0.000000256. The molecule has 0 aliphatic heterocycles. The van der Waals surface area contributed by atoms with Crippen LogP contribution in [-0.4, -0.2) is 62.8 Å². The first-order chi connectivity index (χ1) is 8.54. The van der Waals surface area contributed by atoms with Gasteiger partial charge in [-0.05, 0) is 51.6 Å². The molecule has 7 heteroatoms. The minimum atomic E-state index is -0.966. The Kier molecular flexibility index (Phi) is 26.0. The van der Waals surface area contributed by atoms with Gasteiger partial charge in [0.15, 0.2) is 0 Å². The molecule has 0 aromatic heterocycles. The van der Waals surface area contributed by atoms with Crippen LogP contribution in [0, 0.1) is 0 Å². The molecular formula is C12H24CaN2O4. The summed E-state index contributed by atoms with van der Waals surface area (Å²) in [6, 6.07) is 0.